The van der Waals surface area contributed by atoms with Gasteiger partial charge in [-0.15, -0.1) is 0 Å². The average molecular weight is 230 g/mol. The van der Waals surface area contributed by atoms with Crippen LogP contribution in [0.3, 0.4) is 0 Å². The van der Waals surface area contributed by atoms with Crippen molar-refractivity contribution < 1.29 is 9.13 Å². The second-order valence-electron chi connectivity index (χ2n) is 4.18. The first-order chi connectivity index (χ1) is 8.15. The van der Waals surface area contributed by atoms with Gasteiger partial charge in [-0.05, 0) is 31.0 Å². The smallest absolute Gasteiger partial charge is 0.126 e. The fourth-order valence-corrected chi connectivity index (χ4v) is 1.57. The van der Waals surface area contributed by atoms with Crippen LogP contribution in [0.5, 0.6) is 5.75 Å². The molecule has 0 unspecified atom stereocenters. The maximum absolute atomic E-state index is 13.0. The Kier molecular flexibility index (Phi) is 3.43. The number of benzene rings is 2. The van der Waals surface area contributed by atoms with Crippen molar-refractivity contribution in [3.05, 3.63) is 65.0 Å². The van der Waals surface area contributed by atoms with Gasteiger partial charge in [0.25, 0.3) is 0 Å². The fourth-order valence-electron chi connectivity index (χ4n) is 1.57. The summed E-state index contributed by atoms with van der Waals surface area (Å²) < 4.78 is 18.6. The normalized spacial score (nSPS) is 10.3. The summed E-state index contributed by atoms with van der Waals surface area (Å²) in [6, 6.07) is 12.7. The molecule has 17 heavy (non-hydrogen) atoms. The molecule has 0 aliphatic heterocycles. The summed E-state index contributed by atoms with van der Waals surface area (Å²) in [4.78, 5) is 0. The molecule has 0 bridgehead atoms. The van der Waals surface area contributed by atoms with Gasteiger partial charge in [0.1, 0.15) is 18.2 Å². The molecule has 0 aliphatic carbocycles. The number of halogens is 1. The Morgan fingerprint density at radius 3 is 2.41 bits per heavy atom. The van der Waals surface area contributed by atoms with Crippen molar-refractivity contribution in [1.29, 1.82) is 0 Å². The number of hydrogen-bond acceptors (Lipinski definition) is 1. The zero-order chi connectivity index (χ0) is 12.3. The zero-order valence-electron chi connectivity index (χ0n) is 10.0. The van der Waals surface area contributed by atoms with E-state index in [0.29, 0.717) is 12.4 Å². The van der Waals surface area contributed by atoms with E-state index in [0.717, 1.165) is 11.1 Å². The minimum Gasteiger partial charge on any atom is -0.489 e. The van der Waals surface area contributed by atoms with E-state index in [1.54, 1.807) is 6.07 Å². The standard InChI is InChI=1S/C15H15FO/c1-11-3-6-13(7-4-11)10-17-15-9-14(16)8-5-12(15)2/h3-9H,10H2,1-2H3. The van der Waals surface area contributed by atoms with Crippen molar-refractivity contribution in [3.8, 4) is 5.75 Å². The van der Waals surface area contributed by atoms with Crippen LogP contribution in [-0.2, 0) is 6.61 Å². The van der Waals surface area contributed by atoms with Gasteiger partial charge in [0.15, 0.2) is 0 Å². The summed E-state index contributed by atoms with van der Waals surface area (Å²) in [6.45, 7) is 4.41. The molecule has 0 saturated carbocycles. The average Bonchev–Trinajstić information content (AvgIpc) is 2.32. The molecule has 0 aromatic heterocycles. The zero-order valence-corrected chi connectivity index (χ0v) is 10.0. The summed E-state index contributed by atoms with van der Waals surface area (Å²) in [5.74, 6) is 0.333. The first kappa shape index (κ1) is 11.6. The summed E-state index contributed by atoms with van der Waals surface area (Å²) in [6.07, 6.45) is 0. The second kappa shape index (κ2) is 5.00. The van der Waals surface area contributed by atoms with E-state index in [9.17, 15) is 4.39 Å². The lowest BCUT2D eigenvalue weighted by Crippen LogP contribution is -1.97. The molecule has 0 heterocycles. The summed E-state index contributed by atoms with van der Waals surface area (Å²) >= 11 is 0. The maximum Gasteiger partial charge on any atom is 0.126 e. The van der Waals surface area contributed by atoms with E-state index in [1.807, 2.05) is 38.1 Å². The second-order valence-corrected chi connectivity index (χ2v) is 4.18. The molecule has 0 N–H and O–H groups in total. The Bertz CT molecular complexity index is 503. The molecule has 88 valence electrons. The Labute approximate surface area is 101 Å². The molecule has 0 radical (unpaired) electrons. The monoisotopic (exact) mass is 230 g/mol. The van der Waals surface area contributed by atoms with Crippen LogP contribution in [0.2, 0.25) is 0 Å². The first-order valence-electron chi connectivity index (χ1n) is 5.59. The number of hydrogen-bond donors (Lipinski definition) is 0. The summed E-state index contributed by atoms with van der Waals surface area (Å²) in [5, 5.41) is 0. The van der Waals surface area contributed by atoms with Crippen LogP contribution in [0.1, 0.15) is 16.7 Å². The van der Waals surface area contributed by atoms with Gasteiger partial charge in [-0.3, -0.25) is 0 Å². The molecule has 0 saturated heterocycles. The minimum atomic E-state index is -0.269. The molecule has 1 nitrogen and oxygen atoms in total. The maximum atomic E-state index is 13.0. The Hall–Kier alpha value is -1.83. The van der Waals surface area contributed by atoms with Gasteiger partial charge in [-0.1, -0.05) is 35.9 Å². The lowest BCUT2D eigenvalue weighted by molar-refractivity contribution is 0.302. The minimum absolute atomic E-state index is 0.269. The lowest BCUT2D eigenvalue weighted by Gasteiger charge is -2.09. The quantitative estimate of drug-likeness (QED) is 0.773. The van der Waals surface area contributed by atoms with E-state index in [2.05, 4.69) is 0 Å². The molecule has 0 spiro atoms. The van der Waals surface area contributed by atoms with E-state index >= 15 is 0 Å². The van der Waals surface area contributed by atoms with Crippen LogP contribution in [-0.4, -0.2) is 0 Å². The molecular weight excluding hydrogens is 215 g/mol. The molecule has 2 aromatic rings. The van der Waals surface area contributed by atoms with Crippen LogP contribution in [0.15, 0.2) is 42.5 Å². The van der Waals surface area contributed by atoms with Gasteiger partial charge < -0.3 is 4.74 Å². The highest BCUT2D eigenvalue weighted by atomic mass is 19.1. The van der Waals surface area contributed by atoms with Crippen LogP contribution >= 0.6 is 0 Å². The third-order valence-electron chi connectivity index (χ3n) is 2.67. The highest BCUT2D eigenvalue weighted by Gasteiger charge is 2.02. The summed E-state index contributed by atoms with van der Waals surface area (Å²) in [7, 11) is 0. The van der Waals surface area contributed by atoms with Gasteiger partial charge in [-0.2, -0.15) is 0 Å². The predicted octanol–water partition coefficient (Wildman–Crippen LogP) is 4.02. The molecule has 0 amide bonds. The van der Waals surface area contributed by atoms with Crippen molar-refractivity contribution in [2.24, 2.45) is 0 Å². The largest absolute Gasteiger partial charge is 0.489 e. The highest BCUT2D eigenvalue weighted by molar-refractivity contribution is 5.33. The Morgan fingerprint density at radius 1 is 1.00 bits per heavy atom. The van der Waals surface area contributed by atoms with Gasteiger partial charge in [0.05, 0.1) is 0 Å². The van der Waals surface area contributed by atoms with Gasteiger partial charge in [-0.25, -0.2) is 4.39 Å². The fraction of sp³-hybridized carbons (Fsp3) is 0.200. The molecule has 2 heteroatoms. The van der Waals surface area contributed by atoms with Crippen molar-refractivity contribution in [1.82, 2.24) is 0 Å². The highest BCUT2D eigenvalue weighted by Crippen LogP contribution is 2.20. The van der Waals surface area contributed by atoms with E-state index in [4.69, 9.17) is 4.74 Å². The van der Waals surface area contributed by atoms with Crippen LogP contribution < -0.4 is 4.74 Å². The first-order valence-corrected chi connectivity index (χ1v) is 5.59. The molecular formula is C15H15FO. The summed E-state index contributed by atoms with van der Waals surface area (Å²) in [5.41, 5.74) is 3.24. The van der Waals surface area contributed by atoms with Gasteiger partial charge >= 0.3 is 0 Å². The van der Waals surface area contributed by atoms with E-state index < -0.39 is 0 Å². The molecule has 0 atom stereocenters. The third-order valence-corrected chi connectivity index (χ3v) is 2.67. The number of aryl methyl sites for hydroxylation is 2. The number of ether oxygens (including phenoxy) is 1. The van der Waals surface area contributed by atoms with Crippen molar-refractivity contribution in [2.45, 2.75) is 20.5 Å². The van der Waals surface area contributed by atoms with Crippen molar-refractivity contribution in [2.75, 3.05) is 0 Å². The molecule has 0 aliphatic rings. The molecule has 0 fully saturated rings. The van der Waals surface area contributed by atoms with E-state index in [-0.39, 0.29) is 5.82 Å². The lowest BCUT2D eigenvalue weighted by atomic mass is 10.1. The van der Waals surface area contributed by atoms with E-state index in [1.165, 1.54) is 17.7 Å². The Balaban J connectivity index is 2.07. The van der Waals surface area contributed by atoms with Crippen molar-refractivity contribution in [3.63, 3.8) is 0 Å². The van der Waals surface area contributed by atoms with Crippen LogP contribution in [0.25, 0.3) is 0 Å². The molecule has 2 rings (SSSR count). The Morgan fingerprint density at radius 2 is 1.71 bits per heavy atom. The van der Waals surface area contributed by atoms with Gasteiger partial charge in [0.2, 0.25) is 0 Å². The SMILES string of the molecule is Cc1ccc(COc2cc(F)ccc2C)cc1. The third kappa shape index (κ3) is 3.06. The molecule has 2 aromatic carbocycles. The topological polar surface area (TPSA) is 9.23 Å². The van der Waals surface area contributed by atoms with Gasteiger partial charge in [0, 0.05) is 6.07 Å². The number of rotatable bonds is 3. The van der Waals surface area contributed by atoms with Crippen LogP contribution in [0, 0.1) is 19.7 Å². The van der Waals surface area contributed by atoms with Crippen molar-refractivity contribution >= 4 is 0 Å². The predicted molar refractivity (Wildman–Crippen MR) is 66.6 cm³/mol. The van der Waals surface area contributed by atoms with Crippen LogP contribution in [0.4, 0.5) is 4.39 Å².